The zero-order chi connectivity index (χ0) is 10.4. The van der Waals surface area contributed by atoms with Gasteiger partial charge in [0, 0.05) is 0 Å². The first-order valence-electron chi connectivity index (χ1n) is 6.60. The number of fused-ring (bicyclic) bond motifs is 2. The molecule has 3 rings (SSSR count). The second-order valence-electron chi connectivity index (χ2n) is 6.05. The lowest BCUT2D eigenvalue weighted by Gasteiger charge is -2.37. The maximum absolute atomic E-state index is 9.73. The lowest BCUT2D eigenvalue weighted by Crippen LogP contribution is -2.37. The van der Waals surface area contributed by atoms with Crippen LogP contribution in [0.15, 0.2) is 0 Å². The Labute approximate surface area is 91.7 Å². The van der Waals surface area contributed by atoms with Crippen molar-refractivity contribution < 1.29 is 10.2 Å². The average molecular weight is 210 g/mol. The van der Waals surface area contributed by atoms with Crippen molar-refractivity contribution in [1.29, 1.82) is 0 Å². The second-order valence-corrected chi connectivity index (χ2v) is 6.05. The number of rotatable bonds is 1. The maximum atomic E-state index is 9.73. The molecule has 0 amide bonds. The third-order valence-corrected chi connectivity index (χ3v) is 5.22. The van der Waals surface area contributed by atoms with Gasteiger partial charge in [0.1, 0.15) is 0 Å². The van der Waals surface area contributed by atoms with E-state index in [2.05, 4.69) is 0 Å². The van der Waals surface area contributed by atoms with Gasteiger partial charge in [-0.1, -0.05) is 6.42 Å². The molecule has 0 heterocycles. The summed E-state index contributed by atoms with van der Waals surface area (Å²) in [6.07, 6.45) is 7.70. The van der Waals surface area contributed by atoms with Crippen molar-refractivity contribution in [2.24, 2.45) is 23.7 Å². The lowest BCUT2D eigenvalue weighted by atomic mass is 9.71. The highest BCUT2D eigenvalue weighted by Gasteiger charge is 2.44. The Morgan fingerprint density at radius 1 is 0.667 bits per heavy atom. The second kappa shape index (κ2) is 3.74. The van der Waals surface area contributed by atoms with Crippen LogP contribution in [0.1, 0.15) is 44.9 Å². The van der Waals surface area contributed by atoms with Crippen LogP contribution in [0.2, 0.25) is 0 Å². The monoisotopic (exact) mass is 210 g/mol. The standard InChI is InChI=1S/C13H22O2/c14-12-4-3-10(7-13(12)15)11-6-8-1-2-9(11)5-8/h8-15H,1-7H2/t8-,9-,10-,11+,12-,13-/m0/s1. The number of hydrogen-bond donors (Lipinski definition) is 2. The van der Waals surface area contributed by atoms with Gasteiger partial charge in [0.25, 0.3) is 0 Å². The smallest absolute Gasteiger partial charge is 0.0801 e. The van der Waals surface area contributed by atoms with E-state index in [0.29, 0.717) is 5.92 Å². The zero-order valence-electron chi connectivity index (χ0n) is 9.31. The molecule has 6 atom stereocenters. The molecule has 0 saturated heterocycles. The highest BCUT2D eigenvalue weighted by Crippen LogP contribution is 2.53. The van der Waals surface area contributed by atoms with E-state index < -0.39 is 12.2 Å². The molecule has 0 unspecified atom stereocenters. The van der Waals surface area contributed by atoms with Crippen LogP contribution in [0, 0.1) is 23.7 Å². The van der Waals surface area contributed by atoms with E-state index in [0.717, 1.165) is 37.0 Å². The van der Waals surface area contributed by atoms with Gasteiger partial charge in [-0.25, -0.2) is 0 Å². The van der Waals surface area contributed by atoms with Crippen molar-refractivity contribution in [3.63, 3.8) is 0 Å². The van der Waals surface area contributed by atoms with Crippen molar-refractivity contribution in [3.8, 4) is 0 Å². The van der Waals surface area contributed by atoms with E-state index in [1.807, 2.05) is 0 Å². The fourth-order valence-electron chi connectivity index (χ4n) is 4.42. The average Bonchev–Trinajstić information content (AvgIpc) is 2.83. The van der Waals surface area contributed by atoms with Gasteiger partial charge >= 0.3 is 0 Å². The van der Waals surface area contributed by atoms with Gasteiger partial charge in [0.05, 0.1) is 12.2 Å². The first-order chi connectivity index (χ1) is 7.24. The third-order valence-electron chi connectivity index (χ3n) is 5.22. The Balaban J connectivity index is 1.63. The normalized spacial score (nSPS) is 54.8. The van der Waals surface area contributed by atoms with Gasteiger partial charge in [-0.15, -0.1) is 0 Å². The molecule has 0 spiro atoms. The zero-order valence-corrected chi connectivity index (χ0v) is 9.31. The van der Waals surface area contributed by atoms with Gasteiger partial charge in [-0.05, 0) is 62.2 Å². The molecule has 2 heteroatoms. The maximum Gasteiger partial charge on any atom is 0.0801 e. The van der Waals surface area contributed by atoms with Gasteiger partial charge in [-0.3, -0.25) is 0 Å². The van der Waals surface area contributed by atoms with Gasteiger partial charge in [0.15, 0.2) is 0 Å². The van der Waals surface area contributed by atoms with Crippen molar-refractivity contribution in [2.75, 3.05) is 0 Å². The molecule has 15 heavy (non-hydrogen) atoms. The highest BCUT2D eigenvalue weighted by molar-refractivity contribution is 4.95. The molecule has 3 saturated carbocycles. The molecule has 86 valence electrons. The topological polar surface area (TPSA) is 40.5 Å². The van der Waals surface area contributed by atoms with Gasteiger partial charge in [-0.2, -0.15) is 0 Å². The molecular formula is C13H22O2. The summed E-state index contributed by atoms with van der Waals surface area (Å²) < 4.78 is 0. The quantitative estimate of drug-likeness (QED) is 0.694. The predicted octanol–water partition coefficient (Wildman–Crippen LogP) is 1.94. The van der Waals surface area contributed by atoms with Gasteiger partial charge in [0.2, 0.25) is 0 Å². The molecule has 3 fully saturated rings. The molecule has 0 aromatic carbocycles. The van der Waals surface area contributed by atoms with E-state index in [-0.39, 0.29) is 0 Å². The lowest BCUT2D eigenvalue weighted by molar-refractivity contribution is -0.0392. The molecular weight excluding hydrogens is 188 g/mol. The van der Waals surface area contributed by atoms with Crippen LogP contribution in [0.4, 0.5) is 0 Å². The summed E-state index contributed by atoms with van der Waals surface area (Å²) in [7, 11) is 0. The summed E-state index contributed by atoms with van der Waals surface area (Å²) in [6, 6.07) is 0. The molecule has 3 aliphatic carbocycles. The summed E-state index contributed by atoms with van der Waals surface area (Å²) in [5.41, 5.74) is 0. The van der Waals surface area contributed by atoms with Crippen LogP contribution in [0.25, 0.3) is 0 Å². The fraction of sp³-hybridized carbons (Fsp3) is 1.00. The minimum atomic E-state index is -0.445. The van der Waals surface area contributed by atoms with Crippen molar-refractivity contribution in [1.82, 2.24) is 0 Å². The van der Waals surface area contributed by atoms with E-state index in [4.69, 9.17) is 0 Å². The van der Waals surface area contributed by atoms with E-state index >= 15 is 0 Å². The molecule has 0 aromatic rings. The van der Waals surface area contributed by atoms with Gasteiger partial charge < -0.3 is 10.2 Å². The largest absolute Gasteiger partial charge is 0.390 e. The molecule has 0 aliphatic heterocycles. The summed E-state index contributed by atoms with van der Waals surface area (Å²) in [5, 5.41) is 19.2. The minimum absolute atomic E-state index is 0.442. The van der Waals surface area contributed by atoms with Crippen molar-refractivity contribution >= 4 is 0 Å². The third kappa shape index (κ3) is 1.72. The molecule has 2 bridgehead atoms. The Kier molecular flexibility index (Phi) is 2.52. The Morgan fingerprint density at radius 3 is 2.00 bits per heavy atom. The molecule has 3 aliphatic rings. The highest BCUT2D eigenvalue weighted by atomic mass is 16.3. The number of hydrogen-bond acceptors (Lipinski definition) is 2. The van der Waals surface area contributed by atoms with Crippen molar-refractivity contribution in [2.45, 2.75) is 57.2 Å². The molecule has 2 nitrogen and oxygen atoms in total. The summed E-state index contributed by atoms with van der Waals surface area (Å²) in [4.78, 5) is 0. The Bertz CT molecular complexity index is 241. The van der Waals surface area contributed by atoms with E-state index in [9.17, 15) is 10.2 Å². The summed E-state index contributed by atoms with van der Waals surface area (Å²) in [6.45, 7) is 0. The summed E-state index contributed by atoms with van der Waals surface area (Å²) >= 11 is 0. The van der Waals surface area contributed by atoms with Crippen LogP contribution in [0.5, 0.6) is 0 Å². The molecule has 0 radical (unpaired) electrons. The Morgan fingerprint density at radius 2 is 1.40 bits per heavy atom. The van der Waals surface area contributed by atoms with Crippen LogP contribution in [0.3, 0.4) is 0 Å². The molecule has 0 aromatic heterocycles. The van der Waals surface area contributed by atoms with Crippen LogP contribution in [-0.4, -0.2) is 22.4 Å². The molecule has 2 N–H and O–H groups in total. The predicted molar refractivity (Wildman–Crippen MR) is 58.3 cm³/mol. The fourth-order valence-corrected chi connectivity index (χ4v) is 4.42. The Hall–Kier alpha value is -0.0800. The first-order valence-corrected chi connectivity index (χ1v) is 6.60. The van der Waals surface area contributed by atoms with Crippen LogP contribution < -0.4 is 0 Å². The van der Waals surface area contributed by atoms with E-state index in [1.165, 1.54) is 25.7 Å². The van der Waals surface area contributed by atoms with Crippen LogP contribution in [-0.2, 0) is 0 Å². The van der Waals surface area contributed by atoms with Crippen molar-refractivity contribution in [3.05, 3.63) is 0 Å². The summed E-state index contributed by atoms with van der Waals surface area (Å²) in [5.74, 6) is 3.55. The van der Waals surface area contributed by atoms with E-state index in [1.54, 1.807) is 0 Å². The SMILES string of the molecule is O[C@H]1CC[C@H]([C@@H]2C[C@H]3CC[C@H]2C3)C[C@@H]1O. The first kappa shape index (κ1) is 10.1. The number of aliphatic hydroxyl groups is 2. The number of aliphatic hydroxyl groups excluding tert-OH is 2. The van der Waals surface area contributed by atoms with Crippen LogP contribution >= 0.6 is 0 Å². The minimum Gasteiger partial charge on any atom is -0.390 e.